The van der Waals surface area contributed by atoms with E-state index in [1.807, 2.05) is 18.2 Å². The molecule has 0 radical (unpaired) electrons. The van der Waals surface area contributed by atoms with Crippen LogP contribution in [0.4, 0.5) is 0 Å². The Bertz CT molecular complexity index is 353. The summed E-state index contributed by atoms with van der Waals surface area (Å²) in [5.74, 6) is 0. The number of likely N-dealkylation sites (N-methyl/N-ethyl adjacent to an activating group) is 1. The molecule has 17 heavy (non-hydrogen) atoms. The molecule has 0 unspecified atom stereocenters. The molecular formula is C13H20Cl2N2+2. The number of piperazine rings is 1. The van der Waals surface area contributed by atoms with Crippen LogP contribution < -0.4 is 9.80 Å². The number of hydrogen-bond acceptors (Lipinski definition) is 0. The SMILES string of the molecule is CC[NH+]1CC[NH+](Cc2c(Cl)cccc2Cl)CC1. The number of hydrogen-bond donors (Lipinski definition) is 2. The summed E-state index contributed by atoms with van der Waals surface area (Å²) in [5, 5.41) is 1.60. The smallest absolute Gasteiger partial charge is 0.127 e. The van der Waals surface area contributed by atoms with Crippen molar-refractivity contribution in [3.63, 3.8) is 0 Å². The van der Waals surface area contributed by atoms with E-state index in [-0.39, 0.29) is 0 Å². The second-order valence-corrected chi connectivity index (χ2v) is 5.54. The van der Waals surface area contributed by atoms with Crippen molar-refractivity contribution in [2.45, 2.75) is 13.5 Å². The molecule has 0 bridgehead atoms. The maximum atomic E-state index is 6.20. The first-order valence-corrected chi connectivity index (χ1v) is 7.06. The average molecular weight is 275 g/mol. The Labute approximate surface area is 113 Å². The Hall–Kier alpha value is -0.280. The first-order chi connectivity index (χ1) is 8.20. The van der Waals surface area contributed by atoms with Crippen LogP contribution in [0.25, 0.3) is 0 Å². The van der Waals surface area contributed by atoms with E-state index in [4.69, 9.17) is 23.2 Å². The lowest BCUT2D eigenvalue weighted by Gasteiger charge is -2.29. The first-order valence-electron chi connectivity index (χ1n) is 6.30. The van der Waals surface area contributed by atoms with Crippen LogP contribution in [0.5, 0.6) is 0 Å². The molecule has 1 aromatic rings. The minimum atomic E-state index is 0.801. The van der Waals surface area contributed by atoms with E-state index in [2.05, 4.69) is 6.92 Å². The van der Waals surface area contributed by atoms with Crippen LogP contribution in [0.3, 0.4) is 0 Å². The topological polar surface area (TPSA) is 8.88 Å². The van der Waals surface area contributed by atoms with Gasteiger partial charge in [0.25, 0.3) is 0 Å². The molecule has 2 N–H and O–H groups in total. The summed E-state index contributed by atoms with van der Waals surface area (Å²) in [7, 11) is 0. The fraction of sp³-hybridized carbons (Fsp3) is 0.538. The van der Waals surface area contributed by atoms with Crippen molar-refractivity contribution in [1.29, 1.82) is 0 Å². The van der Waals surface area contributed by atoms with Crippen LogP contribution in [-0.4, -0.2) is 32.7 Å². The second kappa shape index (κ2) is 6.05. The van der Waals surface area contributed by atoms with Crippen molar-refractivity contribution >= 4 is 23.2 Å². The average Bonchev–Trinajstić information content (AvgIpc) is 2.35. The van der Waals surface area contributed by atoms with Crippen molar-refractivity contribution < 1.29 is 9.80 Å². The predicted molar refractivity (Wildman–Crippen MR) is 72.1 cm³/mol. The third-order valence-electron chi connectivity index (χ3n) is 3.65. The molecule has 1 fully saturated rings. The monoisotopic (exact) mass is 274 g/mol. The highest BCUT2D eigenvalue weighted by atomic mass is 35.5. The molecule has 2 nitrogen and oxygen atoms in total. The van der Waals surface area contributed by atoms with Gasteiger partial charge in [-0.3, -0.25) is 0 Å². The number of rotatable bonds is 3. The highest BCUT2D eigenvalue weighted by molar-refractivity contribution is 6.35. The minimum Gasteiger partial charge on any atom is -0.326 e. The van der Waals surface area contributed by atoms with E-state index in [1.165, 1.54) is 32.7 Å². The molecule has 4 heteroatoms. The van der Waals surface area contributed by atoms with E-state index in [1.54, 1.807) is 9.80 Å². The standard InChI is InChI=1S/C13H18Cl2N2/c1-2-16-6-8-17(9-7-16)10-11-12(14)4-3-5-13(11)15/h3-5H,2,6-10H2,1H3/p+2. The Morgan fingerprint density at radius 2 is 1.53 bits per heavy atom. The molecular weight excluding hydrogens is 255 g/mol. The minimum absolute atomic E-state index is 0.801. The highest BCUT2D eigenvalue weighted by Crippen LogP contribution is 2.23. The van der Waals surface area contributed by atoms with Gasteiger partial charge in [-0.1, -0.05) is 29.3 Å². The van der Waals surface area contributed by atoms with Crippen molar-refractivity contribution in [2.24, 2.45) is 0 Å². The molecule has 1 aliphatic heterocycles. The molecule has 0 saturated carbocycles. The third-order valence-corrected chi connectivity index (χ3v) is 4.36. The van der Waals surface area contributed by atoms with Gasteiger partial charge >= 0.3 is 0 Å². The highest BCUT2D eigenvalue weighted by Gasteiger charge is 2.23. The van der Waals surface area contributed by atoms with E-state index in [0.29, 0.717) is 0 Å². The molecule has 94 valence electrons. The fourth-order valence-electron chi connectivity index (χ4n) is 2.44. The normalized spacial score (nSPS) is 24.9. The molecule has 0 aliphatic carbocycles. The quantitative estimate of drug-likeness (QED) is 0.785. The van der Waals surface area contributed by atoms with Crippen LogP contribution in [0.1, 0.15) is 12.5 Å². The van der Waals surface area contributed by atoms with Gasteiger partial charge in [0, 0.05) is 5.56 Å². The summed E-state index contributed by atoms with van der Waals surface area (Å²) in [6.07, 6.45) is 0. The van der Waals surface area contributed by atoms with Gasteiger partial charge in [0.2, 0.25) is 0 Å². The van der Waals surface area contributed by atoms with Crippen LogP contribution in [0.15, 0.2) is 18.2 Å². The molecule has 1 heterocycles. The van der Waals surface area contributed by atoms with E-state index in [9.17, 15) is 0 Å². The van der Waals surface area contributed by atoms with Crippen molar-refractivity contribution in [2.75, 3.05) is 32.7 Å². The zero-order valence-electron chi connectivity index (χ0n) is 10.2. The van der Waals surface area contributed by atoms with Crippen LogP contribution in [-0.2, 0) is 6.54 Å². The molecule has 1 aromatic carbocycles. The lowest BCUT2D eigenvalue weighted by molar-refractivity contribution is -1.02. The molecule has 0 spiro atoms. The summed E-state index contributed by atoms with van der Waals surface area (Å²) in [6.45, 7) is 9.39. The van der Waals surface area contributed by atoms with E-state index < -0.39 is 0 Å². The summed E-state index contributed by atoms with van der Waals surface area (Å²) >= 11 is 12.4. The summed E-state index contributed by atoms with van der Waals surface area (Å²) in [4.78, 5) is 3.30. The molecule has 1 aliphatic rings. The largest absolute Gasteiger partial charge is 0.326 e. The predicted octanol–water partition coefficient (Wildman–Crippen LogP) is 0.297. The first kappa shape index (κ1) is 13.2. The summed E-state index contributed by atoms with van der Waals surface area (Å²) in [6, 6.07) is 5.76. The van der Waals surface area contributed by atoms with E-state index in [0.717, 1.165) is 22.2 Å². The van der Waals surface area contributed by atoms with Crippen molar-refractivity contribution in [1.82, 2.24) is 0 Å². The van der Waals surface area contributed by atoms with Crippen LogP contribution in [0, 0.1) is 0 Å². The van der Waals surface area contributed by atoms with Gasteiger partial charge in [-0.25, -0.2) is 0 Å². The molecule has 0 aromatic heterocycles. The zero-order chi connectivity index (χ0) is 12.3. The van der Waals surface area contributed by atoms with E-state index >= 15 is 0 Å². The summed E-state index contributed by atoms with van der Waals surface area (Å²) in [5.41, 5.74) is 1.10. The van der Waals surface area contributed by atoms with Gasteiger partial charge in [0.15, 0.2) is 0 Å². The van der Waals surface area contributed by atoms with Gasteiger partial charge in [-0.2, -0.15) is 0 Å². The van der Waals surface area contributed by atoms with Crippen molar-refractivity contribution in [3.05, 3.63) is 33.8 Å². The van der Waals surface area contributed by atoms with Gasteiger partial charge in [0.1, 0.15) is 32.7 Å². The lowest BCUT2D eigenvalue weighted by atomic mass is 10.2. The van der Waals surface area contributed by atoms with Gasteiger partial charge in [0.05, 0.1) is 16.6 Å². The molecule has 0 amide bonds. The molecule has 1 saturated heterocycles. The van der Waals surface area contributed by atoms with Crippen LogP contribution in [0.2, 0.25) is 10.0 Å². The number of benzene rings is 1. The lowest BCUT2D eigenvalue weighted by Crippen LogP contribution is -3.27. The van der Waals surface area contributed by atoms with Gasteiger partial charge in [-0.15, -0.1) is 0 Å². The maximum Gasteiger partial charge on any atom is 0.127 e. The Morgan fingerprint density at radius 3 is 2.06 bits per heavy atom. The Kier molecular flexibility index (Phi) is 4.69. The van der Waals surface area contributed by atoms with Crippen LogP contribution >= 0.6 is 23.2 Å². The number of quaternary nitrogens is 2. The van der Waals surface area contributed by atoms with Gasteiger partial charge in [-0.05, 0) is 19.1 Å². The maximum absolute atomic E-state index is 6.20. The van der Waals surface area contributed by atoms with Crippen molar-refractivity contribution in [3.8, 4) is 0 Å². The Balaban J connectivity index is 1.98. The zero-order valence-corrected chi connectivity index (χ0v) is 11.7. The third kappa shape index (κ3) is 3.35. The molecule has 0 atom stereocenters. The number of nitrogens with one attached hydrogen (secondary N) is 2. The molecule has 2 rings (SSSR count). The number of halogens is 2. The fourth-order valence-corrected chi connectivity index (χ4v) is 2.97. The summed E-state index contributed by atoms with van der Waals surface area (Å²) < 4.78 is 0. The second-order valence-electron chi connectivity index (χ2n) is 4.73. The Morgan fingerprint density at radius 1 is 1.00 bits per heavy atom. The van der Waals surface area contributed by atoms with Gasteiger partial charge < -0.3 is 9.80 Å².